The zero-order valence-electron chi connectivity index (χ0n) is 10.1. The maximum Gasteiger partial charge on any atom is 0.149 e. The highest BCUT2D eigenvalue weighted by Crippen LogP contribution is 2.30. The van der Waals surface area contributed by atoms with Gasteiger partial charge in [0.2, 0.25) is 0 Å². The first kappa shape index (κ1) is 11.0. The van der Waals surface area contributed by atoms with E-state index in [1.54, 1.807) is 0 Å². The molecule has 1 saturated heterocycles. The number of anilines is 1. The van der Waals surface area contributed by atoms with Crippen LogP contribution in [0.2, 0.25) is 0 Å². The summed E-state index contributed by atoms with van der Waals surface area (Å²) in [5, 5.41) is 3.30. The van der Waals surface area contributed by atoms with Gasteiger partial charge in [0.05, 0.1) is 5.69 Å². The number of nitrogens with zero attached hydrogens (tertiary/aromatic N) is 1. The first-order valence-corrected chi connectivity index (χ1v) is 6.62. The number of rotatable bonds is 1. The highest BCUT2D eigenvalue weighted by atomic mass is 19.1. The standard InChI is InChI=1S/C14H19FN2/c15-14-12-4-2-1-3-11(12)5-6-13(14)17-9-7-16-8-10-17/h5-6,16H,1-4,7-10H2. The fourth-order valence-corrected chi connectivity index (χ4v) is 2.92. The molecular weight excluding hydrogens is 215 g/mol. The summed E-state index contributed by atoms with van der Waals surface area (Å²) in [4.78, 5) is 2.17. The maximum atomic E-state index is 14.5. The predicted octanol–water partition coefficient (Wildman–Crippen LogP) is 2.11. The first-order chi connectivity index (χ1) is 8.36. The Morgan fingerprint density at radius 1 is 1.06 bits per heavy atom. The Morgan fingerprint density at radius 3 is 2.65 bits per heavy atom. The van der Waals surface area contributed by atoms with Crippen LogP contribution in [0.5, 0.6) is 0 Å². The highest BCUT2D eigenvalue weighted by molar-refractivity contribution is 5.53. The molecule has 3 heteroatoms. The van der Waals surface area contributed by atoms with Crippen molar-refractivity contribution in [2.75, 3.05) is 31.1 Å². The molecule has 1 N–H and O–H groups in total. The van der Waals surface area contributed by atoms with Crippen molar-refractivity contribution in [3.8, 4) is 0 Å². The molecule has 0 atom stereocenters. The monoisotopic (exact) mass is 234 g/mol. The van der Waals surface area contributed by atoms with E-state index in [2.05, 4.69) is 16.3 Å². The minimum absolute atomic E-state index is 0.0455. The smallest absolute Gasteiger partial charge is 0.149 e. The van der Waals surface area contributed by atoms with E-state index in [4.69, 9.17) is 0 Å². The molecule has 1 aromatic carbocycles. The molecular formula is C14H19FN2. The minimum Gasteiger partial charge on any atom is -0.367 e. The van der Waals surface area contributed by atoms with Crippen LogP contribution in [0.25, 0.3) is 0 Å². The second-order valence-corrected chi connectivity index (χ2v) is 4.98. The first-order valence-electron chi connectivity index (χ1n) is 6.62. The van der Waals surface area contributed by atoms with Crippen molar-refractivity contribution in [2.24, 2.45) is 0 Å². The number of halogens is 1. The summed E-state index contributed by atoms with van der Waals surface area (Å²) in [7, 11) is 0. The average Bonchev–Trinajstić information content (AvgIpc) is 2.40. The van der Waals surface area contributed by atoms with Gasteiger partial charge in [-0.05, 0) is 42.9 Å². The van der Waals surface area contributed by atoms with Gasteiger partial charge in [0, 0.05) is 26.2 Å². The van der Waals surface area contributed by atoms with Crippen LogP contribution in [0.3, 0.4) is 0 Å². The Balaban J connectivity index is 1.94. The number of hydrogen-bond donors (Lipinski definition) is 1. The molecule has 1 heterocycles. The molecule has 0 aromatic heterocycles. The Kier molecular flexibility index (Phi) is 3.02. The molecule has 0 unspecified atom stereocenters. The fraction of sp³-hybridized carbons (Fsp3) is 0.571. The Bertz CT molecular complexity index is 411. The van der Waals surface area contributed by atoms with Crippen LogP contribution < -0.4 is 10.2 Å². The van der Waals surface area contributed by atoms with Gasteiger partial charge in [-0.2, -0.15) is 0 Å². The van der Waals surface area contributed by atoms with Crippen molar-refractivity contribution in [1.82, 2.24) is 5.32 Å². The third kappa shape index (κ3) is 2.04. The van der Waals surface area contributed by atoms with Gasteiger partial charge < -0.3 is 10.2 Å². The quantitative estimate of drug-likeness (QED) is 0.800. The third-order valence-electron chi connectivity index (χ3n) is 3.90. The van der Waals surface area contributed by atoms with E-state index >= 15 is 0 Å². The lowest BCUT2D eigenvalue weighted by molar-refractivity contribution is 0.549. The lowest BCUT2D eigenvalue weighted by Gasteiger charge is -2.31. The second-order valence-electron chi connectivity index (χ2n) is 4.98. The van der Waals surface area contributed by atoms with Crippen molar-refractivity contribution in [3.63, 3.8) is 0 Å². The number of aryl methyl sites for hydroxylation is 1. The Morgan fingerprint density at radius 2 is 1.82 bits per heavy atom. The number of fused-ring (bicyclic) bond motifs is 1. The van der Waals surface area contributed by atoms with Gasteiger partial charge in [-0.3, -0.25) is 0 Å². The van der Waals surface area contributed by atoms with Crippen LogP contribution in [0.4, 0.5) is 10.1 Å². The molecule has 1 fully saturated rings. The van der Waals surface area contributed by atoms with E-state index in [0.717, 1.165) is 56.7 Å². The Labute approximate surface area is 102 Å². The van der Waals surface area contributed by atoms with Gasteiger partial charge in [-0.15, -0.1) is 0 Å². The largest absolute Gasteiger partial charge is 0.367 e. The highest BCUT2D eigenvalue weighted by Gasteiger charge is 2.20. The number of benzene rings is 1. The van der Waals surface area contributed by atoms with Crippen molar-refractivity contribution in [1.29, 1.82) is 0 Å². The maximum absolute atomic E-state index is 14.5. The van der Waals surface area contributed by atoms with Crippen molar-refractivity contribution in [3.05, 3.63) is 29.1 Å². The number of piperazine rings is 1. The van der Waals surface area contributed by atoms with Crippen LogP contribution in [0.15, 0.2) is 12.1 Å². The van der Waals surface area contributed by atoms with Crippen LogP contribution >= 0.6 is 0 Å². The molecule has 1 aliphatic carbocycles. The van der Waals surface area contributed by atoms with Gasteiger partial charge in [0.1, 0.15) is 5.82 Å². The second kappa shape index (κ2) is 4.65. The minimum atomic E-state index is 0.0455. The molecule has 0 saturated carbocycles. The van der Waals surface area contributed by atoms with Crippen LogP contribution in [0.1, 0.15) is 24.0 Å². The molecule has 0 bridgehead atoms. The summed E-state index contributed by atoms with van der Waals surface area (Å²) in [5.74, 6) is 0.0455. The molecule has 17 heavy (non-hydrogen) atoms. The predicted molar refractivity (Wildman–Crippen MR) is 68.1 cm³/mol. The Hall–Kier alpha value is -1.09. The zero-order chi connectivity index (χ0) is 11.7. The molecule has 2 aliphatic rings. The van der Waals surface area contributed by atoms with Gasteiger partial charge in [-0.25, -0.2) is 4.39 Å². The summed E-state index contributed by atoms with van der Waals surface area (Å²) in [6.07, 6.45) is 4.31. The summed E-state index contributed by atoms with van der Waals surface area (Å²) in [6, 6.07) is 4.11. The lowest BCUT2D eigenvalue weighted by atomic mass is 9.90. The molecule has 0 amide bonds. The summed E-state index contributed by atoms with van der Waals surface area (Å²) in [6.45, 7) is 3.73. The molecule has 1 aliphatic heterocycles. The third-order valence-corrected chi connectivity index (χ3v) is 3.90. The number of nitrogens with one attached hydrogen (secondary N) is 1. The summed E-state index contributed by atoms with van der Waals surface area (Å²) in [5.41, 5.74) is 3.02. The SMILES string of the molecule is Fc1c(N2CCNCC2)ccc2c1CCCC2. The zero-order valence-corrected chi connectivity index (χ0v) is 10.1. The van der Waals surface area contributed by atoms with Gasteiger partial charge in [0.15, 0.2) is 0 Å². The molecule has 3 rings (SSSR count). The van der Waals surface area contributed by atoms with Crippen LogP contribution in [-0.4, -0.2) is 26.2 Å². The normalized spacial score (nSPS) is 20.2. The van der Waals surface area contributed by atoms with Crippen molar-refractivity contribution >= 4 is 5.69 Å². The van der Waals surface area contributed by atoms with Gasteiger partial charge >= 0.3 is 0 Å². The molecule has 1 aromatic rings. The van der Waals surface area contributed by atoms with E-state index in [9.17, 15) is 4.39 Å². The fourth-order valence-electron chi connectivity index (χ4n) is 2.92. The molecule has 0 radical (unpaired) electrons. The van der Waals surface area contributed by atoms with Crippen LogP contribution in [-0.2, 0) is 12.8 Å². The van der Waals surface area contributed by atoms with E-state index in [-0.39, 0.29) is 5.82 Å². The number of hydrogen-bond acceptors (Lipinski definition) is 2. The average molecular weight is 234 g/mol. The van der Waals surface area contributed by atoms with Gasteiger partial charge in [0.25, 0.3) is 0 Å². The summed E-state index contributed by atoms with van der Waals surface area (Å²) < 4.78 is 14.5. The van der Waals surface area contributed by atoms with Crippen molar-refractivity contribution in [2.45, 2.75) is 25.7 Å². The van der Waals surface area contributed by atoms with Gasteiger partial charge in [-0.1, -0.05) is 6.07 Å². The van der Waals surface area contributed by atoms with Crippen LogP contribution in [0, 0.1) is 5.82 Å². The lowest BCUT2D eigenvalue weighted by Crippen LogP contribution is -2.44. The van der Waals surface area contributed by atoms with E-state index < -0.39 is 0 Å². The van der Waals surface area contributed by atoms with E-state index in [1.807, 2.05) is 6.07 Å². The molecule has 92 valence electrons. The molecule has 0 spiro atoms. The van der Waals surface area contributed by atoms with Crippen molar-refractivity contribution < 1.29 is 4.39 Å². The summed E-state index contributed by atoms with van der Waals surface area (Å²) >= 11 is 0. The van der Waals surface area contributed by atoms with E-state index in [1.165, 1.54) is 12.0 Å². The topological polar surface area (TPSA) is 15.3 Å². The van der Waals surface area contributed by atoms with E-state index in [0.29, 0.717) is 0 Å². The molecule has 2 nitrogen and oxygen atoms in total.